The Kier molecular flexibility index (Phi) is 32.8. The molecule has 3 N–H and O–H groups in total. The molecule has 0 radical (unpaired) electrons. The smallest absolute Gasteiger partial charge is 1.00 e. The van der Waals surface area contributed by atoms with Crippen LogP contribution in [-0.4, -0.2) is 156 Å². The molecule has 0 bridgehead atoms. The molecule has 73 heavy (non-hydrogen) atoms. The molecule has 4 saturated heterocycles. The number of hydrogen-bond donors (Lipinski definition) is 3. The monoisotopic (exact) mass is 1100 g/mol. The Morgan fingerprint density at radius 3 is 1.47 bits per heavy atom. The summed E-state index contributed by atoms with van der Waals surface area (Å²) < 4.78 is 153. The number of carbonyl (C=O) groups is 2. The van der Waals surface area contributed by atoms with Crippen LogP contribution in [-0.2, 0) is 66.5 Å². The number of nitrogens with one attached hydrogen (secondary N) is 2. The van der Waals surface area contributed by atoms with Crippen molar-refractivity contribution in [3.8, 4) is 0 Å². The zero-order valence-corrected chi connectivity index (χ0v) is 46.8. The zero-order chi connectivity index (χ0) is 54.2. The van der Waals surface area contributed by atoms with E-state index in [-0.39, 0.29) is 57.4 Å². The second kappa shape index (κ2) is 34.4. The Labute approximate surface area is 452 Å². The van der Waals surface area contributed by atoms with Gasteiger partial charge < -0.3 is 59.8 Å². The zero-order valence-electron chi connectivity index (χ0n) is 45.0. The fourth-order valence-electron chi connectivity index (χ4n) is 7.98. The van der Waals surface area contributed by atoms with E-state index in [1.807, 2.05) is 5.32 Å². The molecule has 2 amide bonds. The Bertz CT molecular complexity index is 1710. The van der Waals surface area contributed by atoms with Gasteiger partial charge in [0.1, 0.15) is 48.7 Å². The summed E-state index contributed by atoms with van der Waals surface area (Å²) in [6.07, 6.45) is 2.91. The Hall–Kier alpha value is -1.49. The Morgan fingerprint density at radius 2 is 1.04 bits per heavy atom. The summed E-state index contributed by atoms with van der Waals surface area (Å²) in [5, 5.41) is 14.2. The van der Waals surface area contributed by atoms with Gasteiger partial charge in [0, 0.05) is 6.61 Å². The van der Waals surface area contributed by atoms with Gasteiger partial charge in [-0.3, -0.25) is 13.8 Å². The first kappa shape index (κ1) is 69.5. The molecule has 10 atom stereocenters. The van der Waals surface area contributed by atoms with Crippen molar-refractivity contribution < 1.29 is 127 Å². The van der Waals surface area contributed by atoms with E-state index < -0.39 is 107 Å². The molecule has 4 aliphatic rings. The molecule has 424 valence electrons. The third kappa shape index (κ3) is 27.1. The fraction of sp³-hybridized carbons (Fsp3) is 0.875. The number of aliphatic hydroxyl groups is 1. The van der Waals surface area contributed by atoms with Crippen molar-refractivity contribution >= 4 is 21.9 Å². The van der Waals surface area contributed by atoms with E-state index in [9.17, 15) is 49.5 Å². The van der Waals surface area contributed by atoms with Gasteiger partial charge in [0.2, 0.25) is 0 Å². The molecule has 0 aliphatic carbocycles. The summed E-state index contributed by atoms with van der Waals surface area (Å²) in [5.74, 6) is -6.30. The van der Waals surface area contributed by atoms with E-state index in [1.165, 1.54) is 69.9 Å². The van der Waals surface area contributed by atoms with Crippen LogP contribution in [0.2, 0.25) is 0 Å². The van der Waals surface area contributed by atoms with Gasteiger partial charge in [-0.1, -0.05) is 109 Å². The van der Waals surface area contributed by atoms with Crippen LogP contribution in [0, 0.1) is 0 Å². The predicted molar refractivity (Wildman–Crippen MR) is 254 cm³/mol. The van der Waals surface area contributed by atoms with Gasteiger partial charge >= 0.3 is 53.7 Å². The SMILES string of the molecule is C=CCO[C@H]1OC2COC(C)(C)O[C@H]2[C@H](O)[C@H]1NC(=O)C(F)(F)F.C=CCO[C@H]1OC2COC(C)(C)O[C@H]2[C@H](OCCCCCCCCC)[C@H]1NC(=O)C(F)(F)F.CCCCCCCCCCOS(C)(=O)=O.[H-].[Na+]. The third-order valence-electron chi connectivity index (χ3n) is 11.6. The number of halogens is 6. The molecular formula is C48H83F6N2NaO15S. The number of amides is 2. The van der Waals surface area contributed by atoms with Crippen LogP contribution >= 0.6 is 0 Å². The normalized spacial score (nSPS) is 27.5. The molecule has 0 aromatic heterocycles. The number of alkyl halides is 6. The molecule has 0 spiro atoms. The van der Waals surface area contributed by atoms with E-state index >= 15 is 0 Å². The Morgan fingerprint density at radius 1 is 0.658 bits per heavy atom. The van der Waals surface area contributed by atoms with Gasteiger partial charge in [0.25, 0.3) is 10.1 Å². The fourth-order valence-corrected chi connectivity index (χ4v) is 8.40. The first-order valence-electron chi connectivity index (χ1n) is 25.0. The van der Waals surface area contributed by atoms with Crippen molar-refractivity contribution in [1.82, 2.24) is 10.6 Å². The number of rotatable bonds is 27. The average molecular weight is 1100 g/mol. The second-order valence-electron chi connectivity index (χ2n) is 18.9. The van der Waals surface area contributed by atoms with E-state index in [4.69, 9.17) is 42.6 Å². The maximum Gasteiger partial charge on any atom is 1.00 e. The number of unbranched alkanes of at least 4 members (excludes halogenated alkanes) is 13. The van der Waals surface area contributed by atoms with Gasteiger partial charge in [-0.25, -0.2) is 0 Å². The molecule has 0 aromatic carbocycles. The molecule has 17 nitrogen and oxygen atoms in total. The summed E-state index contributed by atoms with van der Waals surface area (Å²) >= 11 is 0. The molecular weight excluding hydrogens is 1010 g/mol. The van der Waals surface area contributed by atoms with Gasteiger partial charge in [-0.15, -0.1) is 13.2 Å². The van der Waals surface area contributed by atoms with E-state index in [2.05, 4.69) is 31.2 Å². The van der Waals surface area contributed by atoms with Crippen LogP contribution in [0.4, 0.5) is 26.3 Å². The molecule has 0 aromatic rings. The minimum Gasteiger partial charge on any atom is -1.00 e. The van der Waals surface area contributed by atoms with Crippen LogP contribution in [0.5, 0.6) is 0 Å². The average Bonchev–Trinajstić information content (AvgIpc) is 3.28. The minimum absolute atomic E-state index is 0. The quantitative estimate of drug-likeness (QED) is 0.0328. The minimum atomic E-state index is -5.10. The first-order valence-corrected chi connectivity index (χ1v) is 26.8. The van der Waals surface area contributed by atoms with Crippen molar-refractivity contribution in [3.63, 3.8) is 0 Å². The molecule has 25 heteroatoms. The topological polar surface area (TPSA) is 205 Å². The van der Waals surface area contributed by atoms with Crippen LogP contribution in [0.1, 0.15) is 139 Å². The van der Waals surface area contributed by atoms with Crippen molar-refractivity contribution in [2.75, 3.05) is 45.9 Å². The summed E-state index contributed by atoms with van der Waals surface area (Å²) in [6, 6.07) is -2.69. The van der Waals surface area contributed by atoms with Gasteiger partial charge in [-0.05, 0) is 40.5 Å². The maximum atomic E-state index is 13.0. The van der Waals surface area contributed by atoms with Crippen LogP contribution in [0.3, 0.4) is 0 Å². The van der Waals surface area contributed by atoms with Gasteiger partial charge in [0.05, 0.1) is 39.3 Å². The van der Waals surface area contributed by atoms with Crippen molar-refractivity contribution in [2.45, 2.75) is 223 Å². The maximum absolute atomic E-state index is 13.0. The van der Waals surface area contributed by atoms with Crippen LogP contribution in [0.15, 0.2) is 25.3 Å². The Balaban J connectivity index is 0.00000114. The first-order chi connectivity index (χ1) is 33.7. The van der Waals surface area contributed by atoms with E-state index in [0.717, 1.165) is 44.8 Å². The molecule has 0 saturated carbocycles. The number of carbonyl (C=O) groups excluding carboxylic acids is 2. The van der Waals surface area contributed by atoms with Crippen LogP contribution < -0.4 is 40.2 Å². The predicted octanol–water partition coefficient (Wildman–Crippen LogP) is 4.94. The molecule has 4 heterocycles. The molecule has 2 unspecified atom stereocenters. The summed E-state index contributed by atoms with van der Waals surface area (Å²) in [4.78, 5) is 23.0. The third-order valence-corrected chi connectivity index (χ3v) is 12.2. The largest absolute Gasteiger partial charge is 1.00 e. The van der Waals surface area contributed by atoms with Crippen molar-refractivity contribution in [1.29, 1.82) is 0 Å². The summed E-state index contributed by atoms with van der Waals surface area (Å²) in [7, 11) is -3.23. The second-order valence-corrected chi connectivity index (χ2v) is 20.5. The summed E-state index contributed by atoms with van der Waals surface area (Å²) in [6.45, 7) is 18.8. The molecule has 4 aliphatic heterocycles. The van der Waals surface area contributed by atoms with E-state index in [0.29, 0.717) is 13.2 Å². The van der Waals surface area contributed by atoms with Crippen molar-refractivity contribution in [2.24, 2.45) is 0 Å². The number of hydrogen-bond acceptors (Lipinski definition) is 15. The van der Waals surface area contributed by atoms with Gasteiger partial charge in [0.15, 0.2) is 24.2 Å². The molecule has 4 fully saturated rings. The number of fused-ring (bicyclic) bond motifs is 2. The molecule has 4 rings (SSSR count). The van der Waals surface area contributed by atoms with Crippen LogP contribution in [0.25, 0.3) is 0 Å². The number of aliphatic hydroxyl groups excluding tert-OH is 1. The van der Waals surface area contributed by atoms with E-state index in [1.54, 1.807) is 33.0 Å². The number of ether oxygens (including phenoxy) is 9. The standard InChI is InChI=1S/C23H38F3NO6.C14H20F3NO6.C11H24O3S.Na.H/c1-5-7-8-9-10-11-12-14-29-19-17(27-21(28)23(24,25)26)20(30-13-6-2)32-16-15-31-22(3,4)33-18(16)19;1-4-5-21-11-8(18-12(20)14(15,16)17)9(19)10-7(23-11)6-22-13(2,3)24-10;1-3-4-5-6-7-8-9-10-11-14-15(2,12)13;;/h6,16-20H,2,5,7-15H2,1,3-4H3,(H,27,28);4,7-11,19H,1,5-6H2,2-3H3,(H,18,20);3-11H2,1-2H3;;/q;;;+1;-1/t16?,17-,18-,19-,20+;7?,8-,9-,10-,11+;;;/m11.../s1. The van der Waals surface area contributed by atoms with Crippen molar-refractivity contribution in [3.05, 3.63) is 25.3 Å². The summed E-state index contributed by atoms with van der Waals surface area (Å²) in [5.41, 5.74) is 0. The van der Waals surface area contributed by atoms with Gasteiger partial charge in [-0.2, -0.15) is 34.8 Å².